The lowest BCUT2D eigenvalue weighted by Crippen LogP contribution is -1.98. The van der Waals surface area contributed by atoms with Gasteiger partial charge in [-0.15, -0.1) is 0 Å². The summed E-state index contributed by atoms with van der Waals surface area (Å²) in [5, 5.41) is 19.1. The number of rotatable bonds is 6. The van der Waals surface area contributed by atoms with Crippen LogP contribution in [-0.4, -0.2) is 29.7 Å². The molecule has 0 spiro atoms. The number of carbonyl (C=O) groups is 1. The topological polar surface area (TPSA) is 98.9 Å². The summed E-state index contributed by atoms with van der Waals surface area (Å²) < 4.78 is 9.97. The number of carboxylic acid groups (broad SMARTS) is 1. The fourth-order valence-corrected chi connectivity index (χ4v) is 1.20. The van der Waals surface area contributed by atoms with Crippen LogP contribution in [0.5, 0.6) is 11.5 Å². The van der Waals surface area contributed by atoms with Crippen LogP contribution in [0, 0.1) is 10.1 Å². The molecule has 1 aromatic rings. The standard InChI is InChI=1S/C11H11NO6/c1-17-10-5-4-8(7-9(10)12(15)16)18-6-2-3-11(13)14/h2-5,7H,6H2,1H3,(H,13,14)/b3-2+. The predicted molar refractivity (Wildman–Crippen MR) is 61.9 cm³/mol. The second-order valence-electron chi connectivity index (χ2n) is 3.14. The lowest BCUT2D eigenvalue weighted by atomic mass is 10.3. The van der Waals surface area contributed by atoms with Crippen molar-refractivity contribution < 1.29 is 24.3 Å². The lowest BCUT2D eigenvalue weighted by molar-refractivity contribution is -0.385. The number of hydrogen-bond donors (Lipinski definition) is 1. The van der Waals surface area contributed by atoms with Gasteiger partial charge in [-0.1, -0.05) is 0 Å². The number of methoxy groups -OCH3 is 1. The average molecular weight is 253 g/mol. The highest BCUT2D eigenvalue weighted by molar-refractivity contribution is 5.79. The van der Waals surface area contributed by atoms with E-state index in [2.05, 4.69) is 0 Å². The molecule has 0 saturated carbocycles. The van der Waals surface area contributed by atoms with E-state index in [4.69, 9.17) is 14.6 Å². The van der Waals surface area contributed by atoms with Crippen LogP contribution in [0.4, 0.5) is 5.69 Å². The monoisotopic (exact) mass is 253 g/mol. The zero-order chi connectivity index (χ0) is 13.5. The van der Waals surface area contributed by atoms with Crippen molar-refractivity contribution in [2.75, 3.05) is 13.7 Å². The van der Waals surface area contributed by atoms with Gasteiger partial charge in [-0.2, -0.15) is 0 Å². The third-order valence-electron chi connectivity index (χ3n) is 1.95. The van der Waals surface area contributed by atoms with Crippen LogP contribution in [0.3, 0.4) is 0 Å². The van der Waals surface area contributed by atoms with Gasteiger partial charge in [0.25, 0.3) is 0 Å². The van der Waals surface area contributed by atoms with Crippen LogP contribution >= 0.6 is 0 Å². The van der Waals surface area contributed by atoms with E-state index in [0.29, 0.717) is 0 Å². The zero-order valence-corrected chi connectivity index (χ0v) is 9.53. The molecule has 0 heterocycles. The fraction of sp³-hybridized carbons (Fsp3) is 0.182. The van der Waals surface area contributed by atoms with Crippen LogP contribution in [0.2, 0.25) is 0 Å². The molecule has 7 heteroatoms. The summed E-state index contributed by atoms with van der Waals surface area (Å²) in [4.78, 5) is 20.3. The summed E-state index contributed by atoms with van der Waals surface area (Å²) in [5.74, 6) is -0.690. The van der Waals surface area contributed by atoms with Crippen molar-refractivity contribution in [3.8, 4) is 11.5 Å². The average Bonchev–Trinajstić information content (AvgIpc) is 2.34. The number of hydrogen-bond acceptors (Lipinski definition) is 5. The van der Waals surface area contributed by atoms with Gasteiger partial charge in [0.05, 0.1) is 18.1 Å². The van der Waals surface area contributed by atoms with Gasteiger partial charge in [-0.3, -0.25) is 10.1 Å². The molecule has 0 atom stereocenters. The normalized spacial score (nSPS) is 10.3. The minimum absolute atomic E-state index is 0.00971. The Balaban J connectivity index is 2.76. The van der Waals surface area contributed by atoms with Crippen molar-refractivity contribution in [2.45, 2.75) is 0 Å². The number of nitro groups is 1. The summed E-state index contributed by atoms with van der Waals surface area (Å²) in [5.41, 5.74) is -0.211. The molecule has 0 aliphatic rings. The van der Waals surface area contributed by atoms with Gasteiger partial charge in [0.1, 0.15) is 12.4 Å². The molecule has 0 saturated heterocycles. The number of carboxylic acids is 1. The number of nitrogens with zero attached hydrogens (tertiary/aromatic N) is 1. The second kappa shape index (κ2) is 6.24. The van der Waals surface area contributed by atoms with E-state index in [1.165, 1.54) is 31.4 Å². The van der Waals surface area contributed by atoms with Gasteiger partial charge in [0, 0.05) is 6.08 Å². The summed E-state index contributed by atoms with van der Waals surface area (Å²) in [6.45, 7) is 0.00971. The first kappa shape index (κ1) is 13.5. The molecular weight excluding hydrogens is 242 g/mol. The van der Waals surface area contributed by atoms with Gasteiger partial charge in [0.2, 0.25) is 0 Å². The lowest BCUT2D eigenvalue weighted by Gasteiger charge is -2.05. The van der Waals surface area contributed by atoms with Crippen LogP contribution < -0.4 is 9.47 Å². The first-order valence-electron chi connectivity index (χ1n) is 4.89. The van der Waals surface area contributed by atoms with Crippen LogP contribution in [0.1, 0.15) is 0 Å². The second-order valence-corrected chi connectivity index (χ2v) is 3.14. The predicted octanol–water partition coefficient (Wildman–Crippen LogP) is 1.62. The maximum Gasteiger partial charge on any atom is 0.328 e. The van der Waals surface area contributed by atoms with Crippen molar-refractivity contribution >= 4 is 11.7 Å². The van der Waals surface area contributed by atoms with Gasteiger partial charge in [0.15, 0.2) is 5.75 Å². The summed E-state index contributed by atoms with van der Waals surface area (Å²) >= 11 is 0. The molecule has 1 rings (SSSR count). The van der Waals surface area contributed by atoms with Crippen molar-refractivity contribution in [3.63, 3.8) is 0 Å². The van der Waals surface area contributed by atoms with Crippen molar-refractivity contribution in [3.05, 3.63) is 40.5 Å². The SMILES string of the molecule is COc1ccc(OC/C=C/C(=O)O)cc1[N+](=O)[O-]. The molecule has 1 aromatic carbocycles. The molecule has 7 nitrogen and oxygen atoms in total. The third kappa shape index (κ3) is 3.78. The largest absolute Gasteiger partial charge is 0.490 e. The van der Waals surface area contributed by atoms with E-state index < -0.39 is 10.9 Å². The van der Waals surface area contributed by atoms with Crippen LogP contribution in [0.25, 0.3) is 0 Å². The number of aliphatic carboxylic acids is 1. The Hall–Kier alpha value is -2.57. The highest BCUT2D eigenvalue weighted by Gasteiger charge is 2.15. The fourth-order valence-electron chi connectivity index (χ4n) is 1.20. The first-order valence-corrected chi connectivity index (χ1v) is 4.89. The van der Waals surface area contributed by atoms with E-state index in [9.17, 15) is 14.9 Å². The Kier molecular flexibility index (Phi) is 4.67. The number of nitro benzene ring substituents is 1. The smallest absolute Gasteiger partial charge is 0.328 e. The Morgan fingerprint density at radius 1 is 1.56 bits per heavy atom. The van der Waals surface area contributed by atoms with Crippen LogP contribution in [-0.2, 0) is 4.79 Å². The van der Waals surface area contributed by atoms with E-state index in [1.807, 2.05) is 0 Å². The van der Waals surface area contributed by atoms with E-state index >= 15 is 0 Å². The Morgan fingerprint density at radius 2 is 2.28 bits per heavy atom. The van der Waals surface area contributed by atoms with Gasteiger partial charge < -0.3 is 14.6 Å². The third-order valence-corrected chi connectivity index (χ3v) is 1.95. The molecule has 0 fully saturated rings. The van der Waals surface area contributed by atoms with E-state index in [-0.39, 0.29) is 23.8 Å². The molecule has 0 amide bonds. The van der Waals surface area contributed by atoms with Crippen molar-refractivity contribution in [1.82, 2.24) is 0 Å². The summed E-state index contributed by atoms with van der Waals surface area (Å²) in [7, 11) is 1.33. The van der Waals surface area contributed by atoms with Crippen molar-refractivity contribution in [2.24, 2.45) is 0 Å². The van der Waals surface area contributed by atoms with E-state index in [1.54, 1.807) is 0 Å². The summed E-state index contributed by atoms with van der Waals surface area (Å²) in [6, 6.07) is 4.13. The Labute approximate surface area is 102 Å². The van der Waals surface area contributed by atoms with Gasteiger partial charge >= 0.3 is 11.7 Å². The van der Waals surface area contributed by atoms with Gasteiger partial charge in [-0.05, 0) is 18.2 Å². The maximum absolute atomic E-state index is 10.7. The molecule has 18 heavy (non-hydrogen) atoms. The number of benzene rings is 1. The minimum Gasteiger partial charge on any atom is -0.490 e. The maximum atomic E-state index is 10.7. The molecule has 0 radical (unpaired) electrons. The molecule has 0 aliphatic carbocycles. The molecule has 0 aromatic heterocycles. The van der Waals surface area contributed by atoms with Gasteiger partial charge in [-0.25, -0.2) is 4.79 Å². The number of ether oxygens (including phenoxy) is 2. The molecule has 0 aliphatic heterocycles. The quantitative estimate of drug-likeness (QED) is 0.470. The minimum atomic E-state index is -1.08. The van der Waals surface area contributed by atoms with Crippen LogP contribution in [0.15, 0.2) is 30.4 Å². The first-order chi connectivity index (χ1) is 8.54. The Bertz CT molecular complexity index is 482. The molecule has 96 valence electrons. The molecule has 1 N–H and O–H groups in total. The highest BCUT2D eigenvalue weighted by Crippen LogP contribution is 2.30. The molecular formula is C11H11NO6. The summed E-state index contributed by atoms with van der Waals surface area (Å²) in [6.07, 6.45) is 2.22. The molecule has 0 unspecified atom stereocenters. The highest BCUT2D eigenvalue weighted by atomic mass is 16.6. The zero-order valence-electron chi connectivity index (χ0n) is 9.53. The molecule has 0 bridgehead atoms. The van der Waals surface area contributed by atoms with E-state index in [0.717, 1.165) is 6.08 Å². The Morgan fingerprint density at radius 3 is 2.83 bits per heavy atom. The van der Waals surface area contributed by atoms with Crippen molar-refractivity contribution in [1.29, 1.82) is 0 Å².